The van der Waals surface area contributed by atoms with E-state index in [-0.39, 0.29) is 6.04 Å². The molecule has 0 aliphatic heterocycles. The monoisotopic (exact) mass is 162 g/mol. The molecule has 0 bridgehead atoms. The van der Waals surface area contributed by atoms with Crippen molar-refractivity contribution in [3.63, 3.8) is 0 Å². The van der Waals surface area contributed by atoms with Crippen LogP contribution in [-0.2, 0) is 0 Å². The molecule has 0 heterocycles. The number of aliphatic hydroxyl groups excluding tert-OH is 1. The zero-order valence-electron chi connectivity index (χ0n) is 7.17. The van der Waals surface area contributed by atoms with Crippen LogP contribution in [0.2, 0.25) is 0 Å². The lowest BCUT2D eigenvalue weighted by atomic mass is 10.3. The first kappa shape index (κ1) is 10.8. The normalized spacial score (nSPS) is 13.9. The van der Waals surface area contributed by atoms with Crippen LogP contribution in [0.1, 0.15) is 13.8 Å². The lowest BCUT2D eigenvalue weighted by Gasteiger charge is -2.19. The molecular formula is C7H18N2O2. The number of rotatable bonds is 6. The van der Waals surface area contributed by atoms with Gasteiger partial charge in [0.2, 0.25) is 0 Å². The summed E-state index contributed by atoms with van der Waals surface area (Å²) in [4.78, 5) is 0. The smallest absolute Gasteiger partial charge is 0.168 e. The summed E-state index contributed by atoms with van der Waals surface area (Å²) in [6.45, 7) is 6.08. The van der Waals surface area contributed by atoms with Crippen LogP contribution in [0.5, 0.6) is 0 Å². The molecule has 0 amide bonds. The zero-order chi connectivity index (χ0) is 8.69. The molecule has 11 heavy (non-hydrogen) atoms. The van der Waals surface area contributed by atoms with Crippen molar-refractivity contribution in [1.82, 2.24) is 10.6 Å². The first-order valence-corrected chi connectivity index (χ1v) is 4.02. The molecule has 0 aromatic carbocycles. The largest absolute Gasteiger partial charge is 0.367 e. The van der Waals surface area contributed by atoms with Crippen molar-refractivity contribution >= 4 is 0 Å². The van der Waals surface area contributed by atoms with E-state index in [0.717, 1.165) is 13.1 Å². The molecule has 0 rings (SSSR count). The Morgan fingerprint density at radius 1 is 1.18 bits per heavy atom. The van der Waals surface area contributed by atoms with Crippen molar-refractivity contribution in [1.29, 1.82) is 0 Å². The van der Waals surface area contributed by atoms with E-state index in [0.29, 0.717) is 6.54 Å². The fourth-order valence-electron chi connectivity index (χ4n) is 0.845. The van der Waals surface area contributed by atoms with Gasteiger partial charge in [-0.25, -0.2) is 0 Å². The number of aliphatic hydroxyl groups is 2. The molecule has 0 fully saturated rings. The molecule has 0 aromatic heterocycles. The van der Waals surface area contributed by atoms with Crippen molar-refractivity contribution in [3.05, 3.63) is 0 Å². The van der Waals surface area contributed by atoms with Crippen molar-refractivity contribution in [2.45, 2.75) is 26.2 Å². The molecule has 1 unspecified atom stereocenters. The third-order valence-electron chi connectivity index (χ3n) is 1.44. The molecule has 0 aliphatic rings. The second kappa shape index (κ2) is 6.54. The van der Waals surface area contributed by atoms with E-state index in [1.54, 1.807) is 0 Å². The Morgan fingerprint density at radius 2 is 1.82 bits per heavy atom. The highest BCUT2D eigenvalue weighted by molar-refractivity contribution is 4.69. The molecule has 0 spiro atoms. The van der Waals surface area contributed by atoms with E-state index in [2.05, 4.69) is 10.6 Å². The van der Waals surface area contributed by atoms with Crippen molar-refractivity contribution in [3.8, 4) is 0 Å². The van der Waals surface area contributed by atoms with Gasteiger partial charge >= 0.3 is 0 Å². The molecular weight excluding hydrogens is 144 g/mol. The Labute approximate surface area is 67.6 Å². The van der Waals surface area contributed by atoms with Crippen LogP contribution in [0, 0.1) is 0 Å². The molecule has 4 nitrogen and oxygen atoms in total. The van der Waals surface area contributed by atoms with Crippen LogP contribution < -0.4 is 10.6 Å². The van der Waals surface area contributed by atoms with Gasteiger partial charge in [-0.3, -0.25) is 0 Å². The Hall–Kier alpha value is -0.160. The average molecular weight is 162 g/mol. The number of nitrogens with one attached hydrogen (secondary N) is 2. The first-order valence-electron chi connectivity index (χ1n) is 4.02. The summed E-state index contributed by atoms with van der Waals surface area (Å²) >= 11 is 0. The second-order valence-corrected chi connectivity index (χ2v) is 2.39. The molecule has 4 heteroatoms. The highest BCUT2D eigenvalue weighted by Crippen LogP contribution is 1.86. The van der Waals surface area contributed by atoms with Gasteiger partial charge in [-0.2, -0.15) is 0 Å². The second-order valence-electron chi connectivity index (χ2n) is 2.39. The lowest BCUT2D eigenvalue weighted by Crippen LogP contribution is -2.46. The Bertz CT molecular complexity index is 88.5. The molecule has 0 aliphatic carbocycles. The predicted octanol–water partition coefficient (Wildman–Crippen LogP) is -1.12. The summed E-state index contributed by atoms with van der Waals surface area (Å²) in [6.07, 6.45) is -1.28. The minimum atomic E-state index is -1.28. The van der Waals surface area contributed by atoms with Gasteiger partial charge in [0.15, 0.2) is 6.29 Å². The SMILES string of the molecule is CCNCC(NCC)C(O)O. The highest BCUT2D eigenvalue weighted by Gasteiger charge is 2.13. The van der Waals surface area contributed by atoms with Crippen molar-refractivity contribution in [2.75, 3.05) is 19.6 Å². The van der Waals surface area contributed by atoms with Crippen LogP contribution in [0.4, 0.5) is 0 Å². The van der Waals surface area contributed by atoms with Gasteiger partial charge in [-0.15, -0.1) is 0 Å². The standard InChI is InChI=1S/C7H18N2O2/c1-3-8-5-6(7(10)11)9-4-2/h6-11H,3-5H2,1-2H3. The number of hydrogen-bond donors (Lipinski definition) is 4. The molecule has 0 radical (unpaired) electrons. The van der Waals surface area contributed by atoms with Crippen LogP contribution in [0.25, 0.3) is 0 Å². The summed E-state index contributed by atoms with van der Waals surface area (Å²) < 4.78 is 0. The molecule has 0 saturated heterocycles. The number of hydrogen-bond acceptors (Lipinski definition) is 4. The predicted molar refractivity (Wildman–Crippen MR) is 44.2 cm³/mol. The fourth-order valence-corrected chi connectivity index (χ4v) is 0.845. The minimum absolute atomic E-state index is 0.264. The topological polar surface area (TPSA) is 64.5 Å². The van der Waals surface area contributed by atoms with Crippen LogP contribution in [0.3, 0.4) is 0 Å². The van der Waals surface area contributed by atoms with Gasteiger partial charge in [0.25, 0.3) is 0 Å². The highest BCUT2D eigenvalue weighted by atomic mass is 16.5. The zero-order valence-corrected chi connectivity index (χ0v) is 7.17. The Morgan fingerprint density at radius 3 is 2.18 bits per heavy atom. The van der Waals surface area contributed by atoms with Gasteiger partial charge in [-0.05, 0) is 13.1 Å². The maximum Gasteiger partial charge on any atom is 0.168 e. The van der Waals surface area contributed by atoms with E-state index in [4.69, 9.17) is 10.2 Å². The van der Waals surface area contributed by atoms with Gasteiger partial charge in [0.05, 0.1) is 6.04 Å². The number of likely N-dealkylation sites (N-methyl/N-ethyl adjacent to an activating group) is 2. The fraction of sp³-hybridized carbons (Fsp3) is 1.00. The summed E-state index contributed by atoms with van der Waals surface area (Å²) in [6, 6.07) is -0.264. The third-order valence-corrected chi connectivity index (χ3v) is 1.44. The van der Waals surface area contributed by atoms with E-state index >= 15 is 0 Å². The van der Waals surface area contributed by atoms with Gasteiger partial charge in [-0.1, -0.05) is 13.8 Å². The van der Waals surface area contributed by atoms with Crippen molar-refractivity contribution in [2.24, 2.45) is 0 Å². The van der Waals surface area contributed by atoms with E-state index in [1.165, 1.54) is 0 Å². The maximum absolute atomic E-state index is 8.82. The lowest BCUT2D eigenvalue weighted by molar-refractivity contribution is -0.0657. The van der Waals surface area contributed by atoms with Gasteiger partial charge in [0.1, 0.15) is 0 Å². The molecule has 68 valence electrons. The average Bonchev–Trinajstić information content (AvgIpc) is 1.97. The summed E-state index contributed by atoms with van der Waals surface area (Å²) in [5.74, 6) is 0. The van der Waals surface area contributed by atoms with E-state index in [9.17, 15) is 0 Å². The molecule has 1 atom stereocenters. The quantitative estimate of drug-likeness (QED) is 0.374. The van der Waals surface area contributed by atoms with Crippen LogP contribution >= 0.6 is 0 Å². The van der Waals surface area contributed by atoms with Gasteiger partial charge in [0, 0.05) is 6.54 Å². The van der Waals surface area contributed by atoms with Crippen molar-refractivity contribution < 1.29 is 10.2 Å². The Kier molecular flexibility index (Phi) is 6.45. The van der Waals surface area contributed by atoms with E-state index < -0.39 is 6.29 Å². The molecule has 4 N–H and O–H groups in total. The molecule has 0 saturated carbocycles. The first-order chi connectivity index (χ1) is 5.22. The molecule has 0 aromatic rings. The third kappa shape index (κ3) is 5.15. The maximum atomic E-state index is 8.82. The summed E-state index contributed by atoms with van der Waals surface area (Å²) in [5.41, 5.74) is 0. The van der Waals surface area contributed by atoms with Crippen LogP contribution in [-0.4, -0.2) is 42.2 Å². The summed E-state index contributed by atoms with van der Waals surface area (Å²) in [5, 5.41) is 23.6. The van der Waals surface area contributed by atoms with Gasteiger partial charge < -0.3 is 20.8 Å². The van der Waals surface area contributed by atoms with Crippen LogP contribution in [0.15, 0.2) is 0 Å². The van der Waals surface area contributed by atoms with E-state index in [1.807, 2.05) is 13.8 Å². The summed E-state index contributed by atoms with van der Waals surface area (Å²) in [7, 11) is 0. The Balaban J connectivity index is 3.51. The minimum Gasteiger partial charge on any atom is -0.367 e.